The molecule has 176 valence electrons. The first-order valence-electron chi connectivity index (χ1n) is 11.5. The van der Waals surface area contributed by atoms with Crippen LogP contribution in [0.4, 0.5) is 0 Å². The van der Waals surface area contributed by atoms with Gasteiger partial charge in [-0.15, -0.1) is 4.99 Å². The van der Waals surface area contributed by atoms with Crippen molar-refractivity contribution in [1.82, 2.24) is 9.80 Å². The second-order valence-corrected chi connectivity index (χ2v) is 8.56. The predicted molar refractivity (Wildman–Crippen MR) is 126 cm³/mol. The van der Waals surface area contributed by atoms with Crippen LogP contribution in [0.15, 0.2) is 65.7 Å². The second-order valence-electron chi connectivity index (χ2n) is 8.56. The first kappa shape index (κ1) is 23.3. The van der Waals surface area contributed by atoms with Gasteiger partial charge in [0.05, 0.1) is 18.9 Å². The highest BCUT2D eigenvalue weighted by Crippen LogP contribution is 2.32. The van der Waals surface area contributed by atoms with Crippen molar-refractivity contribution in [3.63, 3.8) is 0 Å². The number of methoxy groups -OCH3 is 1. The van der Waals surface area contributed by atoms with E-state index in [0.717, 1.165) is 6.42 Å². The van der Waals surface area contributed by atoms with E-state index in [1.165, 1.54) is 12.7 Å². The van der Waals surface area contributed by atoms with Gasteiger partial charge in [-0.2, -0.15) is 5.26 Å². The maximum atomic E-state index is 13.5. The molecule has 2 aromatic rings. The van der Waals surface area contributed by atoms with Crippen LogP contribution in [0.1, 0.15) is 24.3 Å². The third kappa shape index (κ3) is 5.20. The molecule has 2 saturated heterocycles. The lowest BCUT2D eigenvalue weighted by molar-refractivity contribution is -0.155. The Hall–Kier alpha value is -3.86. The largest absolute Gasteiger partial charge is 0.469 e. The molecule has 0 saturated carbocycles. The highest BCUT2D eigenvalue weighted by atomic mass is 16.5. The van der Waals surface area contributed by atoms with Crippen molar-refractivity contribution in [3.05, 3.63) is 66.2 Å². The van der Waals surface area contributed by atoms with Gasteiger partial charge in [-0.1, -0.05) is 48.5 Å². The summed E-state index contributed by atoms with van der Waals surface area (Å²) < 4.78 is 10.9. The van der Waals surface area contributed by atoms with Gasteiger partial charge in [-0.25, -0.2) is 0 Å². The highest BCUT2D eigenvalue weighted by Gasteiger charge is 2.43. The molecular formula is C26H28N4O4. The van der Waals surface area contributed by atoms with Crippen LogP contribution in [-0.4, -0.2) is 61.0 Å². The number of nitriles is 1. The van der Waals surface area contributed by atoms with E-state index in [1.54, 1.807) is 23.2 Å². The fourth-order valence-electron chi connectivity index (χ4n) is 4.80. The van der Waals surface area contributed by atoms with E-state index in [9.17, 15) is 14.9 Å². The van der Waals surface area contributed by atoms with E-state index in [4.69, 9.17) is 9.47 Å². The number of hydrogen-bond donors (Lipinski definition) is 0. The van der Waals surface area contributed by atoms with Crippen LogP contribution in [0.2, 0.25) is 0 Å². The van der Waals surface area contributed by atoms with Gasteiger partial charge in [0.15, 0.2) is 0 Å². The molecule has 0 N–H and O–H groups in total. The number of carbonyl (C=O) groups excluding carboxylic acids is 2. The minimum atomic E-state index is -0.676. The lowest BCUT2D eigenvalue weighted by atomic mass is 9.84. The van der Waals surface area contributed by atoms with E-state index >= 15 is 0 Å². The number of para-hydroxylation sites is 1. The number of hydrogen-bond acceptors (Lipinski definition) is 6. The fourth-order valence-corrected chi connectivity index (χ4v) is 4.80. The van der Waals surface area contributed by atoms with E-state index in [2.05, 4.69) is 17.1 Å². The molecule has 8 nitrogen and oxygen atoms in total. The summed E-state index contributed by atoms with van der Waals surface area (Å²) in [6, 6.07) is 19.3. The number of rotatable bonds is 4. The molecule has 2 fully saturated rings. The number of amidine groups is 1. The maximum Gasteiger partial charge on any atom is 0.311 e. The van der Waals surface area contributed by atoms with Crippen molar-refractivity contribution >= 4 is 17.9 Å². The summed E-state index contributed by atoms with van der Waals surface area (Å²) in [4.78, 5) is 33.6. The number of nitrogens with zero attached hydrogens (tertiary/aromatic N) is 4. The highest BCUT2D eigenvalue weighted by molar-refractivity contribution is 5.87. The Morgan fingerprint density at radius 3 is 2.29 bits per heavy atom. The van der Waals surface area contributed by atoms with Gasteiger partial charge in [-0.3, -0.25) is 9.59 Å². The maximum absolute atomic E-state index is 13.5. The average Bonchev–Trinajstić information content (AvgIpc) is 3.39. The van der Waals surface area contributed by atoms with Gasteiger partial charge >= 0.3 is 12.0 Å². The minimum Gasteiger partial charge on any atom is -0.469 e. The molecule has 1 amide bonds. The number of amides is 1. The van der Waals surface area contributed by atoms with Crippen LogP contribution in [0.25, 0.3) is 0 Å². The van der Waals surface area contributed by atoms with Gasteiger partial charge < -0.3 is 19.3 Å². The lowest BCUT2D eigenvalue weighted by Crippen LogP contribution is -2.52. The van der Waals surface area contributed by atoms with Gasteiger partial charge in [0.25, 0.3) is 0 Å². The van der Waals surface area contributed by atoms with Crippen LogP contribution in [0, 0.1) is 23.3 Å². The molecule has 2 aromatic carbocycles. The van der Waals surface area contributed by atoms with E-state index < -0.39 is 17.8 Å². The molecule has 0 spiro atoms. The molecule has 34 heavy (non-hydrogen) atoms. The second kappa shape index (κ2) is 10.8. The summed E-state index contributed by atoms with van der Waals surface area (Å²) in [6.45, 7) is 1.94. The molecule has 0 aliphatic carbocycles. The van der Waals surface area contributed by atoms with E-state index in [-0.39, 0.29) is 18.5 Å². The number of carbonyl (C=O) groups is 2. The smallest absolute Gasteiger partial charge is 0.311 e. The topological polar surface area (TPSA) is 95.2 Å². The first-order chi connectivity index (χ1) is 16.6. The van der Waals surface area contributed by atoms with Crippen molar-refractivity contribution in [3.8, 4) is 11.9 Å². The number of ether oxygens (including phenoxy) is 2. The Morgan fingerprint density at radius 2 is 1.62 bits per heavy atom. The van der Waals surface area contributed by atoms with Gasteiger partial charge in [-0.05, 0) is 30.5 Å². The summed E-state index contributed by atoms with van der Waals surface area (Å²) in [6.07, 6.45) is 3.11. The number of esters is 1. The first-order valence-corrected chi connectivity index (χ1v) is 11.5. The monoisotopic (exact) mass is 460 g/mol. The SMILES string of the molecule is COC(=O)[C@H]1CN(/C(=N/C#N)Oc2ccccc2)CC[C@@H]1C(=O)N1CC[C@H](c2ccccc2)C1. The zero-order valence-electron chi connectivity index (χ0n) is 19.2. The van der Waals surface area contributed by atoms with Crippen LogP contribution < -0.4 is 4.74 Å². The minimum absolute atomic E-state index is 0.0174. The number of likely N-dealkylation sites (tertiary alicyclic amines) is 2. The molecule has 0 aromatic heterocycles. The molecular weight excluding hydrogens is 432 g/mol. The zero-order valence-corrected chi connectivity index (χ0v) is 19.2. The molecule has 2 aliphatic rings. The Morgan fingerprint density at radius 1 is 0.941 bits per heavy atom. The lowest BCUT2D eigenvalue weighted by Gasteiger charge is -2.38. The van der Waals surface area contributed by atoms with Crippen molar-refractivity contribution in [2.24, 2.45) is 16.8 Å². The molecule has 0 bridgehead atoms. The molecule has 2 heterocycles. The summed E-state index contributed by atoms with van der Waals surface area (Å²) in [5.74, 6) is -0.790. The molecule has 0 radical (unpaired) electrons. The van der Waals surface area contributed by atoms with E-state index in [1.807, 2.05) is 41.3 Å². The number of piperidine rings is 1. The van der Waals surface area contributed by atoms with Gasteiger partial charge in [0.2, 0.25) is 12.1 Å². The van der Waals surface area contributed by atoms with Crippen molar-refractivity contribution < 1.29 is 19.1 Å². The molecule has 2 aliphatic heterocycles. The Bertz CT molecular complexity index is 1070. The molecule has 8 heteroatoms. The quantitative estimate of drug-likeness (QED) is 0.301. The van der Waals surface area contributed by atoms with Crippen LogP contribution in [0.5, 0.6) is 5.75 Å². The third-order valence-corrected chi connectivity index (χ3v) is 6.57. The average molecular weight is 461 g/mol. The fraction of sp³-hybridized carbons (Fsp3) is 0.385. The predicted octanol–water partition coefficient (Wildman–Crippen LogP) is 3.03. The van der Waals surface area contributed by atoms with Crippen molar-refractivity contribution in [1.29, 1.82) is 5.26 Å². The van der Waals surface area contributed by atoms with Crippen LogP contribution in [0.3, 0.4) is 0 Å². The van der Waals surface area contributed by atoms with E-state index in [0.29, 0.717) is 37.7 Å². The van der Waals surface area contributed by atoms with Crippen molar-refractivity contribution in [2.45, 2.75) is 18.8 Å². The van der Waals surface area contributed by atoms with Gasteiger partial charge in [0, 0.05) is 32.1 Å². The number of aliphatic imine (C=N–C) groups is 1. The summed E-state index contributed by atoms with van der Waals surface area (Å²) in [5, 5.41) is 9.17. The van der Waals surface area contributed by atoms with Gasteiger partial charge in [0.1, 0.15) is 5.75 Å². The van der Waals surface area contributed by atoms with Crippen LogP contribution >= 0.6 is 0 Å². The Kier molecular flexibility index (Phi) is 7.43. The normalized spacial score (nSPS) is 22.7. The molecule has 0 unspecified atom stereocenters. The Labute approximate surface area is 199 Å². The summed E-state index contributed by atoms with van der Waals surface area (Å²) in [5.41, 5.74) is 1.23. The molecule has 3 atom stereocenters. The summed E-state index contributed by atoms with van der Waals surface area (Å²) in [7, 11) is 1.33. The zero-order chi connectivity index (χ0) is 23.9. The standard InChI is InChI=1S/C26H28N4O4/c1-33-25(32)23-17-30(26(28-18-27)34-21-10-6-3-7-11-21)15-13-22(23)24(31)29-14-12-20(16-29)19-8-4-2-5-9-19/h2-11,20,22-23H,12-17H2,1H3/b28-26-/t20-,22-,23-/m0/s1. The van der Waals surface area contributed by atoms with Crippen LogP contribution in [-0.2, 0) is 14.3 Å². The number of benzene rings is 2. The third-order valence-electron chi connectivity index (χ3n) is 6.57. The summed E-state index contributed by atoms with van der Waals surface area (Å²) >= 11 is 0. The molecule has 4 rings (SSSR count). The Balaban J connectivity index is 1.47. The van der Waals surface area contributed by atoms with Crippen molar-refractivity contribution in [2.75, 3.05) is 33.3 Å².